The molecule has 0 fully saturated rings. The number of nitrogens with one attached hydrogen (secondary N) is 3. The van der Waals surface area contributed by atoms with Gasteiger partial charge >= 0.3 is 11.9 Å². The summed E-state index contributed by atoms with van der Waals surface area (Å²) in [5.74, 6) is -1.05. The van der Waals surface area contributed by atoms with E-state index < -0.39 is 17.7 Å². The minimum Gasteiger partial charge on any atom is -0.334 e. The molecule has 2 aromatic heterocycles. The summed E-state index contributed by atoms with van der Waals surface area (Å²) in [6.45, 7) is 0. The monoisotopic (exact) mass is 242 g/mol. The van der Waals surface area contributed by atoms with E-state index in [9.17, 15) is 18.0 Å². The van der Waals surface area contributed by atoms with E-state index in [1.165, 1.54) is 12.1 Å². The van der Waals surface area contributed by atoms with Gasteiger partial charge in [0.05, 0.1) is 22.1 Å². The Morgan fingerprint density at radius 3 is 2.29 bits per heavy atom. The van der Waals surface area contributed by atoms with Crippen molar-refractivity contribution in [1.82, 2.24) is 19.9 Å². The first-order valence-electron chi connectivity index (χ1n) is 4.62. The largest absolute Gasteiger partial charge is 0.449 e. The third kappa shape index (κ3) is 1.49. The topological polar surface area (TPSA) is 77.3 Å². The first-order chi connectivity index (χ1) is 7.93. The number of benzene rings is 1. The van der Waals surface area contributed by atoms with E-state index in [4.69, 9.17) is 0 Å². The molecule has 0 unspecified atom stereocenters. The molecule has 0 saturated carbocycles. The molecule has 8 heteroatoms. The van der Waals surface area contributed by atoms with Crippen molar-refractivity contribution in [2.24, 2.45) is 0 Å². The van der Waals surface area contributed by atoms with Crippen molar-refractivity contribution in [2.75, 3.05) is 0 Å². The molecule has 1 aromatic carbocycles. The zero-order valence-corrected chi connectivity index (χ0v) is 8.14. The molecule has 0 bridgehead atoms. The van der Waals surface area contributed by atoms with Gasteiger partial charge in [-0.25, -0.2) is 9.78 Å². The van der Waals surface area contributed by atoms with Crippen LogP contribution in [0.3, 0.4) is 0 Å². The van der Waals surface area contributed by atoms with Gasteiger partial charge in [-0.3, -0.25) is 0 Å². The van der Waals surface area contributed by atoms with Crippen molar-refractivity contribution in [3.05, 3.63) is 28.4 Å². The van der Waals surface area contributed by atoms with Crippen LogP contribution in [-0.4, -0.2) is 19.9 Å². The highest BCUT2D eigenvalue weighted by molar-refractivity contribution is 5.91. The predicted molar refractivity (Wildman–Crippen MR) is 53.6 cm³/mol. The van der Waals surface area contributed by atoms with Gasteiger partial charge < -0.3 is 15.0 Å². The Hall–Kier alpha value is -2.25. The van der Waals surface area contributed by atoms with Crippen molar-refractivity contribution in [1.29, 1.82) is 0 Å². The van der Waals surface area contributed by atoms with Crippen molar-refractivity contribution in [3.63, 3.8) is 0 Å². The van der Waals surface area contributed by atoms with E-state index in [1.807, 2.05) is 0 Å². The van der Waals surface area contributed by atoms with Crippen LogP contribution >= 0.6 is 0 Å². The van der Waals surface area contributed by atoms with E-state index in [0.717, 1.165) is 0 Å². The van der Waals surface area contributed by atoms with Crippen molar-refractivity contribution in [2.45, 2.75) is 6.18 Å². The van der Waals surface area contributed by atoms with E-state index >= 15 is 0 Å². The van der Waals surface area contributed by atoms with Gasteiger partial charge in [0.1, 0.15) is 0 Å². The van der Waals surface area contributed by atoms with Crippen LogP contribution in [0.15, 0.2) is 16.9 Å². The number of aromatic amines is 3. The Bertz CT molecular complexity index is 710. The first-order valence-corrected chi connectivity index (χ1v) is 4.62. The molecule has 5 nitrogen and oxygen atoms in total. The van der Waals surface area contributed by atoms with E-state index in [2.05, 4.69) is 19.9 Å². The van der Waals surface area contributed by atoms with Crippen molar-refractivity contribution < 1.29 is 13.2 Å². The maximum absolute atomic E-state index is 12.4. The normalized spacial score (nSPS) is 12.6. The fourth-order valence-corrected chi connectivity index (χ4v) is 1.67. The first kappa shape index (κ1) is 9.94. The number of H-pyrrole nitrogens is 3. The molecule has 0 amide bonds. The lowest BCUT2D eigenvalue weighted by Crippen LogP contribution is -2.06. The highest BCUT2D eigenvalue weighted by Gasteiger charge is 2.34. The summed E-state index contributed by atoms with van der Waals surface area (Å²) in [6.07, 6.45) is -4.51. The molecule has 3 rings (SSSR count). The Labute approximate surface area is 90.7 Å². The second-order valence-electron chi connectivity index (χ2n) is 3.58. The molecule has 0 aliphatic rings. The highest BCUT2D eigenvalue weighted by atomic mass is 19.4. The number of aromatic nitrogens is 4. The maximum atomic E-state index is 12.4. The molecule has 0 atom stereocenters. The lowest BCUT2D eigenvalue weighted by atomic mass is 10.3. The van der Waals surface area contributed by atoms with Gasteiger partial charge in [0.15, 0.2) is 0 Å². The van der Waals surface area contributed by atoms with Crippen LogP contribution in [0.1, 0.15) is 5.82 Å². The number of halogens is 3. The second kappa shape index (κ2) is 2.90. The molecular formula is C9H5F3N4O. The molecule has 0 aliphatic carbocycles. The second-order valence-corrected chi connectivity index (χ2v) is 3.58. The van der Waals surface area contributed by atoms with E-state index in [0.29, 0.717) is 11.0 Å². The highest BCUT2D eigenvalue weighted by Crippen LogP contribution is 2.29. The third-order valence-electron chi connectivity index (χ3n) is 2.39. The number of imidazole rings is 2. The zero-order valence-electron chi connectivity index (χ0n) is 8.14. The molecular weight excluding hydrogens is 237 g/mol. The maximum Gasteiger partial charge on any atom is 0.449 e. The summed E-state index contributed by atoms with van der Waals surface area (Å²) in [7, 11) is 0. The van der Waals surface area contributed by atoms with Crippen LogP contribution in [0.25, 0.3) is 22.1 Å². The summed E-state index contributed by atoms with van der Waals surface area (Å²) in [4.78, 5) is 21.5. The summed E-state index contributed by atoms with van der Waals surface area (Å²) in [5.41, 5.74) is 0.812. The van der Waals surface area contributed by atoms with Gasteiger partial charge in [0, 0.05) is 0 Å². The quantitative estimate of drug-likeness (QED) is 0.561. The Kier molecular flexibility index (Phi) is 1.70. The molecule has 17 heavy (non-hydrogen) atoms. The average molecular weight is 242 g/mol. The molecule has 0 saturated heterocycles. The van der Waals surface area contributed by atoms with Crippen LogP contribution < -0.4 is 5.69 Å². The van der Waals surface area contributed by atoms with Gasteiger partial charge in [-0.15, -0.1) is 0 Å². The number of fused-ring (bicyclic) bond motifs is 2. The smallest absolute Gasteiger partial charge is 0.334 e. The Morgan fingerprint density at radius 1 is 1.00 bits per heavy atom. The predicted octanol–water partition coefficient (Wildman–Crippen LogP) is 1.75. The van der Waals surface area contributed by atoms with Crippen LogP contribution in [0, 0.1) is 0 Å². The lowest BCUT2D eigenvalue weighted by Gasteiger charge is -1.98. The van der Waals surface area contributed by atoms with Crippen molar-refractivity contribution >= 4 is 22.1 Å². The number of hydrogen-bond donors (Lipinski definition) is 3. The van der Waals surface area contributed by atoms with E-state index in [1.54, 1.807) is 0 Å². The summed E-state index contributed by atoms with van der Waals surface area (Å²) < 4.78 is 37.2. The Balaban J connectivity index is 2.33. The van der Waals surface area contributed by atoms with Crippen LogP contribution in [0.2, 0.25) is 0 Å². The molecule has 0 radical (unpaired) electrons. The minimum absolute atomic E-state index is 0.153. The lowest BCUT2D eigenvalue weighted by molar-refractivity contribution is -0.144. The number of hydrogen-bond acceptors (Lipinski definition) is 2. The van der Waals surface area contributed by atoms with Crippen LogP contribution in [0.5, 0.6) is 0 Å². The molecule has 3 aromatic rings. The van der Waals surface area contributed by atoms with Crippen molar-refractivity contribution in [3.8, 4) is 0 Å². The van der Waals surface area contributed by atoms with Gasteiger partial charge in [0.2, 0.25) is 5.82 Å². The fraction of sp³-hybridized carbons (Fsp3) is 0.111. The van der Waals surface area contributed by atoms with Gasteiger partial charge in [0.25, 0.3) is 0 Å². The minimum atomic E-state index is -4.51. The summed E-state index contributed by atoms with van der Waals surface area (Å²) >= 11 is 0. The molecule has 88 valence electrons. The zero-order chi connectivity index (χ0) is 12.2. The van der Waals surface area contributed by atoms with Gasteiger partial charge in [-0.2, -0.15) is 13.2 Å². The summed E-state index contributed by atoms with van der Waals surface area (Å²) in [5, 5.41) is 0. The SMILES string of the molecule is O=c1[nH]c2cc3nc(C(F)(F)F)[nH]c3cc2[nH]1. The number of alkyl halides is 3. The van der Waals surface area contributed by atoms with Gasteiger partial charge in [-0.1, -0.05) is 0 Å². The van der Waals surface area contributed by atoms with Crippen LogP contribution in [0.4, 0.5) is 13.2 Å². The van der Waals surface area contributed by atoms with Crippen LogP contribution in [-0.2, 0) is 6.18 Å². The fourth-order valence-electron chi connectivity index (χ4n) is 1.67. The molecule has 0 spiro atoms. The molecule has 3 N–H and O–H groups in total. The number of rotatable bonds is 0. The molecule has 0 aliphatic heterocycles. The third-order valence-corrected chi connectivity index (χ3v) is 2.39. The van der Waals surface area contributed by atoms with E-state index in [-0.39, 0.29) is 11.0 Å². The number of nitrogens with zero attached hydrogens (tertiary/aromatic N) is 1. The molecule has 2 heterocycles. The summed E-state index contributed by atoms with van der Waals surface area (Å²) in [6, 6.07) is 2.79. The van der Waals surface area contributed by atoms with Gasteiger partial charge in [-0.05, 0) is 12.1 Å². The average Bonchev–Trinajstić information content (AvgIpc) is 2.73. The Morgan fingerprint density at radius 2 is 1.65 bits per heavy atom. The standard InChI is InChI=1S/C9H5F3N4O/c10-9(11,12)7-13-3-1-5-6(2-4(3)14-7)16-8(17)15-5/h1-2H,(H,13,14)(H2,15,16,17).